The van der Waals surface area contributed by atoms with Crippen LogP contribution in [0.1, 0.15) is 5.56 Å². The summed E-state index contributed by atoms with van der Waals surface area (Å²) in [5.41, 5.74) is 0.267. The molecule has 0 atom stereocenters. The molecule has 0 unspecified atom stereocenters. The van der Waals surface area contributed by atoms with Crippen molar-refractivity contribution in [3.63, 3.8) is 0 Å². The Balaban J connectivity index is 2.50. The predicted octanol–water partition coefficient (Wildman–Crippen LogP) is 2.57. The number of nitrogens with zero attached hydrogens (tertiary/aromatic N) is 1. The van der Waals surface area contributed by atoms with E-state index < -0.39 is 11.8 Å². The van der Waals surface area contributed by atoms with Gasteiger partial charge < -0.3 is 5.11 Å². The highest BCUT2D eigenvalue weighted by molar-refractivity contribution is 14.1. The third kappa shape index (κ3) is 3.39. The molecule has 1 aliphatic heterocycles. The van der Waals surface area contributed by atoms with Crippen molar-refractivity contribution in [2.45, 2.75) is 0 Å². The number of benzene rings is 1. The number of hydrogen-bond acceptors (Lipinski definition) is 4. The van der Waals surface area contributed by atoms with E-state index in [1.807, 2.05) is 22.6 Å². The summed E-state index contributed by atoms with van der Waals surface area (Å²) in [6.07, 6.45) is 2.86. The minimum absolute atomic E-state index is 0.000297. The summed E-state index contributed by atoms with van der Waals surface area (Å²) in [7, 11) is 0. The Labute approximate surface area is 154 Å². The van der Waals surface area contributed by atoms with Crippen LogP contribution in [0.5, 0.6) is 5.75 Å². The monoisotopic (exact) mass is 492 g/mol. The highest BCUT2D eigenvalue weighted by Gasteiger charge is 2.32. The first-order valence-electron chi connectivity index (χ1n) is 6.03. The second kappa shape index (κ2) is 6.88. The summed E-state index contributed by atoms with van der Waals surface area (Å²) in [6, 6.07) is 3.34. The fourth-order valence-electron chi connectivity index (χ4n) is 1.84. The zero-order valence-electron chi connectivity index (χ0n) is 11.1. The first kappa shape index (κ1) is 17.1. The first-order chi connectivity index (χ1) is 10.3. The van der Waals surface area contributed by atoms with Crippen LogP contribution in [0.3, 0.4) is 0 Å². The summed E-state index contributed by atoms with van der Waals surface area (Å²) in [6.45, 7) is 3.75. The van der Waals surface area contributed by atoms with E-state index >= 15 is 0 Å². The number of hydrogen-bond donors (Lipinski definition) is 2. The summed E-state index contributed by atoms with van der Waals surface area (Å²) < 4.78 is 1.32. The summed E-state index contributed by atoms with van der Waals surface area (Å²) in [5, 5.41) is 12.6. The van der Waals surface area contributed by atoms with Crippen molar-refractivity contribution in [2.24, 2.45) is 0 Å². The molecule has 0 bridgehead atoms. The average Bonchev–Trinajstić information content (AvgIpc) is 2.44. The molecule has 0 saturated carbocycles. The maximum atomic E-state index is 12.4. The van der Waals surface area contributed by atoms with Gasteiger partial charge in [-0.2, -0.15) is 0 Å². The Kier molecular flexibility index (Phi) is 5.35. The molecule has 5 nitrogen and oxygen atoms in total. The topological polar surface area (TPSA) is 69.6 Å². The lowest BCUT2D eigenvalue weighted by atomic mass is 10.1. The van der Waals surface area contributed by atoms with Crippen LogP contribution in [-0.4, -0.2) is 33.5 Å². The number of aromatic hydroxyl groups is 1. The second-order valence-corrected chi connectivity index (χ2v) is 6.81. The highest BCUT2D eigenvalue weighted by Crippen LogP contribution is 2.30. The Hall–Kier alpha value is -1.26. The van der Waals surface area contributed by atoms with Crippen molar-refractivity contribution < 1.29 is 14.7 Å². The van der Waals surface area contributed by atoms with E-state index in [4.69, 9.17) is 12.2 Å². The molecule has 0 aromatic heterocycles. The zero-order valence-corrected chi connectivity index (χ0v) is 15.7. The van der Waals surface area contributed by atoms with Gasteiger partial charge in [0.1, 0.15) is 11.3 Å². The predicted molar refractivity (Wildman–Crippen MR) is 99.2 cm³/mol. The van der Waals surface area contributed by atoms with Crippen molar-refractivity contribution in [2.75, 3.05) is 6.54 Å². The van der Waals surface area contributed by atoms with Gasteiger partial charge in [0.15, 0.2) is 5.11 Å². The number of carbonyl (C=O) groups is 2. The molecule has 22 heavy (non-hydrogen) atoms. The quantitative estimate of drug-likeness (QED) is 0.224. The molecule has 0 radical (unpaired) electrons. The lowest BCUT2D eigenvalue weighted by Crippen LogP contribution is -2.53. The smallest absolute Gasteiger partial charge is 0.265 e. The van der Waals surface area contributed by atoms with Crippen molar-refractivity contribution in [3.8, 4) is 5.75 Å². The van der Waals surface area contributed by atoms with Crippen molar-refractivity contribution in [1.82, 2.24) is 10.2 Å². The number of rotatable bonds is 3. The van der Waals surface area contributed by atoms with Crippen LogP contribution in [0.15, 0.2) is 34.8 Å². The van der Waals surface area contributed by atoms with Gasteiger partial charge in [0.25, 0.3) is 11.8 Å². The number of carbonyl (C=O) groups excluding carboxylic acids is 2. The van der Waals surface area contributed by atoms with E-state index in [1.54, 1.807) is 12.1 Å². The van der Waals surface area contributed by atoms with Gasteiger partial charge in [-0.3, -0.25) is 19.8 Å². The van der Waals surface area contributed by atoms with E-state index in [0.29, 0.717) is 9.13 Å². The number of halogens is 2. The molecule has 1 aliphatic rings. The largest absolute Gasteiger partial charge is 0.506 e. The molecular formula is C14H10BrIN2O3S. The molecule has 1 saturated heterocycles. The van der Waals surface area contributed by atoms with E-state index in [-0.39, 0.29) is 23.0 Å². The van der Waals surface area contributed by atoms with Gasteiger partial charge in [-0.15, -0.1) is 6.58 Å². The third-order valence-corrected chi connectivity index (χ3v) is 4.46. The zero-order chi connectivity index (χ0) is 16.4. The summed E-state index contributed by atoms with van der Waals surface area (Å²) >= 11 is 10.2. The fourth-order valence-corrected chi connectivity index (χ4v) is 3.64. The lowest BCUT2D eigenvalue weighted by molar-refractivity contribution is -0.128. The van der Waals surface area contributed by atoms with Crippen LogP contribution in [0.4, 0.5) is 0 Å². The molecule has 2 N–H and O–H groups in total. The van der Waals surface area contributed by atoms with Gasteiger partial charge in [-0.25, -0.2) is 0 Å². The minimum atomic E-state index is -0.593. The van der Waals surface area contributed by atoms with Crippen LogP contribution in [-0.2, 0) is 9.59 Å². The number of thiocarbonyl (C=S) groups is 1. The maximum absolute atomic E-state index is 12.4. The third-order valence-electron chi connectivity index (χ3n) is 2.85. The van der Waals surface area contributed by atoms with Crippen molar-refractivity contribution >= 4 is 73.7 Å². The maximum Gasteiger partial charge on any atom is 0.265 e. The number of amides is 2. The molecule has 1 fully saturated rings. The number of phenolic OH excluding ortho intramolecular Hbond substituents is 1. The molecule has 1 aromatic carbocycles. The molecule has 114 valence electrons. The van der Waals surface area contributed by atoms with Gasteiger partial charge in [0.2, 0.25) is 0 Å². The van der Waals surface area contributed by atoms with E-state index in [9.17, 15) is 14.7 Å². The van der Waals surface area contributed by atoms with E-state index in [1.165, 1.54) is 17.1 Å². The second-order valence-electron chi connectivity index (χ2n) is 4.35. The Morgan fingerprint density at radius 1 is 1.45 bits per heavy atom. The standard InChI is InChI=1S/C14H10BrIN2O3S/c1-2-3-18-13(21)9(12(20)17-14(18)22)5-7-4-8(15)6-10(16)11(7)19/h2,4-6,19H,1,3H2,(H,17,20,22)/b9-5-. The fraction of sp³-hybridized carbons (Fsp3) is 0.0714. The molecule has 1 aromatic rings. The van der Waals surface area contributed by atoms with Crippen LogP contribution < -0.4 is 5.32 Å². The van der Waals surface area contributed by atoms with E-state index in [2.05, 4.69) is 27.8 Å². The van der Waals surface area contributed by atoms with Gasteiger partial charge in [0.05, 0.1) is 3.57 Å². The molecule has 2 amide bonds. The van der Waals surface area contributed by atoms with Crippen LogP contribution in [0.2, 0.25) is 0 Å². The van der Waals surface area contributed by atoms with E-state index in [0.717, 1.165) is 4.47 Å². The summed E-state index contributed by atoms with van der Waals surface area (Å²) in [4.78, 5) is 25.6. The molecule has 8 heteroatoms. The highest BCUT2D eigenvalue weighted by atomic mass is 127. The molecule has 0 spiro atoms. The summed E-state index contributed by atoms with van der Waals surface area (Å²) in [5.74, 6) is -1.12. The Morgan fingerprint density at radius 3 is 2.77 bits per heavy atom. The van der Waals surface area contributed by atoms with Crippen LogP contribution >= 0.6 is 50.7 Å². The molecule has 1 heterocycles. The lowest BCUT2D eigenvalue weighted by Gasteiger charge is -2.27. The van der Waals surface area contributed by atoms with Crippen LogP contribution in [0, 0.1) is 3.57 Å². The van der Waals surface area contributed by atoms with Gasteiger partial charge >= 0.3 is 0 Å². The molecule has 0 aliphatic carbocycles. The number of phenols is 1. The average molecular weight is 493 g/mol. The normalized spacial score (nSPS) is 16.9. The SMILES string of the molecule is C=CCN1C(=O)/C(=C\c2cc(Br)cc(I)c2O)C(=O)NC1=S. The molecular weight excluding hydrogens is 483 g/mol. The van der Waals surface area contributed by atoms with Crippen molar-refractivity contribution in [1.29, 1.82) is 0 Å². The Bertz CT molecular complexity index is 733. The van der Waals surface area contributed by atoms with Crippen molar-refractivity contribution in [3.05, 3.63) is 44.0 Å². The molecule has 2 rings (SSSR count). The van der Waals surface area contributed by atoms with Gasteiger partial charge in [-0.1, -0.05) is 22.0 Å². The van der Waals surface area contributed by atoms with Gasteiger partial charge in [0, 0.05) is 16.6 Å². The Morgan fingerprint density at radius 2 is 2.14 bits per heavy atom. The number of nitrogens with one attached hydrogen (secondary N) is 1. The van der Waals surface area contributed by atoms with Crippen LogP contribution in [0.25, 0.3) is 6.08 Å². The first-order valence-corrected chi connectivity index (χ1v) is 8.31. The van der Waals surface area contributed by atoms with Gasteiger partial charge in [-0.05, 0) is 53.0 Å². The minimum Gasteiger partial charge on any atom is -0.506 e.